The highest BCUT2D eigenvalue weighted by Gasteiger charge is 2.24. The molecule has 1 aliphatic heterocycles. The zero-order valence-electron chi connectivity index (χ0n) is 14.5. The molecule has 1 aromatic heterocycles. The molecule has 2 aromatic rings. The fourth-order valence-corrected chi connectivity index (χ4v) is 3.57. The van der Waals surface area contributed by atoms with Gasteiger partial charge in [0.1, 0.15) is 0 Å². The fourth-order valence-electron chi connectivity index (χ4n) is 2.76. The van der Waals surface area contributed by atoms with Crippen molar-refractivity contribution in [1.29, 1.82) is 0 Å². The van der Waals surface area contributed by atoms with E-state index in [1.165, 1.54) is 17.3 Å². The monoisotopic (exact) mass is 361 g/mol. The van der Waals surface area contributed by atoms with Crippen LogP contribution < -0.4 is 10.6 Å². The van der Waals surface area contributed by atoms with Gasteiger partial charge < -0.3 is 15.4 Å². The number of benzene rings is 1. The van der Waals surface area contributed by atoms with E-state index in [-0.39, 0.29) is 11.2 Å². The molecule has 2 heterocycles. The molecule has 2 N–H and O–H groups in total. The smallest absolute Gasteiger partial charge is 0.232 e. The van der Waals surface area contributed by atoms with Crippen molar-refractivity contribution >= 4 is 23.6 Å². The maximum absolute atomic E-state index is 11.5. The first-order valence-corrected chi connectivity index (χ1v) is 9.32. The minimum Gasteiger partial charge on any atom is -0.378 e. The molecule has 7 nitrogen and oxygen atoms in total. The second kappa shape index (κ2) is 7.88. The summed E-state index contributed by atoms with van der Waals surface area (Å²) in [5.41, 5.74) is 7.67. The second-order valence-electron chi connectivity index (χ2n) is 5.86. The number of hydrogen-bond acceptors (Lipinski definition) is 6. The van der Waals surface area contributed by atoms with Gasteiger partial charge in [-0.3, -0.25) is 9.36 Å². The van der Waals surface area contributed by atoms with Gasteiger partial charge in [-0.25, -0.2) is 0 Å². The van der Waals surface area contributed by atoms with E-state index in [9.17, 15) is 4.79 Å². The largest absolute Gasteiger partial charge is 0.378 e. The fraction of sp³-hybridized carbons (Fsp3) is 0.471. The highest BCUT2D eigenvalue weighted by Crippen LogP contribution is 2.31. The minimum atomic E-state index is -0.380. The lowest BCUT2D eigenvalue weighted by atomic mass is 10.1. The summed E-state index contributed by atoms with van der Waals surface area (Å²) in [7, 11) is 0. The summed E-state index contributed by atoms with van der Waals surface area (Å²) in [6.07, 6.45) is 0.895. The Morgan fingerprint density at radius 2 is 2.04 bits per heavy atom. The van der Waals surface area contributed by atoms with Crippen molar-refractivity contribution in [3.8, 4) is 5.69 Å². The molecule has 1 atom stereocenters. The Balaban J connectivity index is 2.07. The molecule has 0 bridgehead atoms. The molecule has 1 saturated heterocycles. The lowest BCUT2D eigenvalue weighted by Crippen LogP contribution is -2.38. The molecule has 1 fully saturated rings. The zero-order chi connectivity index (χ0) is 17.8. The van der Waals surface area contributed by atoms with E-state index in [2.05, 4.69) is 34.2 Å². The quantitative estimate of drug-likeness (QED) is 0.787. The van der Waals surface area contributed by atoms with Crippen LogP contribution in [0, 0.1) is 0 Å². The van der Waals surface area contributed by atoms with Gasteiger partial charge in [0.15, 0.2) is 5.16 Å². The Labute approximate surface area is 151 Å². The van der Waals surface area contributed by atoms with Crippen LogP contribution in [0.5, 0.6) is 0 Å². The Kier molecular flexibility index (Phi) is 5.60. The van der Waals surface area contributed by atoms with Gasteiger partial charge in [0, 0.05) is 13.1 Å². The molecule has 0 radical (unpaired) electrons. The number of nitrogens with two attached hydrogens (primary N) is 1. The molecule has 0 unspecified atom stereocenters. The maximum Gasteiger partial charge on any atom is 0.232 e. The van der Waals surface area contributed by atoms with Crippen molar-refractivity contribution in [3.05, 3.63) is 29.8 Å². The number of carbonyl (C=O) groups excluding carboxylic acids is 1. The number of rotatable bonds is 6. The number of aromatic nitrogens is 3. The Hall–Kier alpha value is -2.06. The van der Waals surface area contributed by atoms with Crippen LogP contribution in [0.25, 0.3) is 5.69 Å². The van der Waals surface area contributed by atoms with Gasteiger partial charge in [-0.05, 0) is 25.0 Å². The summed E-state index contributed by atoms with van der Waals surface area (Å²) in [6, 6.07) is 8.19. The van der Waals surface area contributed by atoms with Crippen molar-refractivity contribution in [3.63, 3.8) is 0 Å². The van der Waals surface area contributed by atoms with Crippen LogP contribution in [0.3, 0.4) is 0 Å². The molecule has 8 heteroatoms. The maximum atomic E-state index is 11.5. The van der Waals surface area contributed by atoms with Crippen LogP contribution in [0.4, 0.5) is 5.95 Å². The minimum absolute atomic E-state index is 0.365. The molecule has 134 valence electrons. The number of para-hydroxylation sites is 1. The van der Waals surface area contributed by atoms with E-state index in [0.717, 1.165) is 31.1 Å². The van der Waals surface area contributed by atoms with Crippen LogP contribution in [-0.2, 0) is 16.0 Å². The second-order valence-corrected chi connectivity index (χ2v) is 7.17. The third kappa shape index (κ3) is 3.80. The van der Waals surface area contributed by atoms with Gasteiger partial charge in [0.25, 0.3) is 0 Å². The number of carbonyl (C=O) groups is 1. The van der Waals surface area contributed by atoms with Gasteiger partial charge in [0.2, 0.25) is 11.9 Å². The van der Waals surface area contributed by atoms with E-state index >= 15 is 0 Å². The number of amides is 1. The molecule has 1 aliphatic rings. The van der Waals surface area contributed by atoms with Crippen molar-refractivity contribution < 1.29 is 9.53 Å². The molecular weight excluding hydrogens is 338 g/mol. The number of anilines is 1. The van der Waals surface area contributed by atoms with E-state index in [0.29, 0.717) is 18.4 Å². The highest BCUT2D eigenvalue weighted by molar-refractivity contribution is 8.00. The summed E-state index contributed by atoms with van der Waals surface area (Å²) < 4.78 is 7.48. The van der Waals surface area contributed by atoms with Gasteiger partial charge in [-0.1, -0.05) is 36.9 Å². The first-order valence-electron chi connectivity index (χ1n) is 8.44. The average molecular weight is 361 g/mol. The third-order valence-electron chi connectivity index (χ3n) is 4.21. The molecular formula is C17H23N5O2S. The van der Waals surface area contributed by atoms with E-state index < -0.39 is 0 Å². The Morgan fingerprint density at radius 3 is 2.72 bits per heavy atom. The zero-order valence-corrected chi connectivity index (χ0v) is 15.3. The topological polar surface area (TPSA) is 86.3 Å². The van der Waals surface area contributed by atoms with E-state index in [1.54, 1.807) is 6.92 Å². The normalized spacial score (nSPS) is 16.0. The molecule has 25 heavy (non-hydrogen) atoms. The van der Waals surface area contributed by atoms with Gasteiger partial charge >= 0.3 is 0 Å². The SMILES string of the molecule is CCc1ccccc1-n1c(S[C@H](C)C(N)=O)nnc1N1CCOCC1. The number of aryl methyl sites for hydroxylation is 1. The summed E-state index contributed by atoms with van der Waals surface area (Å²) >= 11 is 1.33. The van der Waals surface area contributed by atoms with Crippen molar-refractivity contribution in [1.82, 2.24) is 14.8 Å². The van der Waals surface area contributed by atoms with Crippen LogP contribution >= 0.6 is 11.8 Å². The standard InChI is InChI=1S/C17H23N5O2S/c1-3-13-6-4-5-7-14(13)22-16(21-8-10-24-11-9-21)19-20-17(22)25-12(2)15(18)23/h4-7,12H,3,8-11H2,1-2H3,(H2,18,23)/t12-/m1/s1. The predicted molar refractivity (Wildman–Crippen MR) is 98.3 cm³/mol. The first kappa shape index (κ1) is 17.8. The molecule has 1 amide bonds. The van der Waals surface area contributed by atoms with Gasteiger partial charge in [-0.2, -0.15) is 0 Å². The molecule has 0 spiro atoms. The number of ether oxygens (including phenoxy) is 1. The van der Waals surface area contributed by atoms with E-state index in [1.807, 2.05) is 16.7 Å². The molecule has 3 rings (SSSR count). The third-order valence-corrected chi connectivity index (χ3v) is 5.27. The number of primary amides is 1. The van der Waals surface area contributed by atoms with Gasteiger partial charge in [0.05, 0.1) is 24.2 Å². The molecule has 1 aromatic carbocycles. The molecule has 0 saturated carbocycles. The van der Waals surface area contributed by atoms with Crippen LogP contribution in [0.15, 0.2) is 29.4 Å². The Morgan fingerprint density at radius 1 is 1.32 bits per heavy atom. The lowest BCUT2D eigenvalue weighted by Gasteiger charge is -2.28. The molecule has 0 aliphatic carbocycles. The van der Waals surface area contributed by atoms with Crippen LogP contribution in [0.1, 0.15) is 19.4 Å². The lowest BCUT2D eigenvalue weighted by molar-refractivity contribution is -0.117. The van der Waals surface area contributed by atoms with Crippen molar-refractivity contribution in [2.24, 2.45) is 5.73 Å². The predicted octanol–water partition coefficient (Wildman–Crippen LogP) is 1.63. The summed E-state index contributed by atoms with van der Waals surface area (Å²) in [5, 5.41) is 9.06. The van der Waals surface area contributed by atoms with Crippen LogP contribution in [-0.4, -0.2) is 52.2 Å². The number of morpholine rings is 1. The van der Waals surface area contributed by atoms with Crippen molar-refractivity contribution in [2.45, 2.75) is 30.7 Å². The number of thioether (sulfide) groups is 1. The van der Waals surface area contributed by atoms with Gasteiger partial charge in [-0.15, -0.1) is 10.2 Å². The summed E-state index contributed by atoms with van der Waals surface area (Å²) in [5.74, 6) is 0.416. The summed E-state index contributed by atoms with van der Waals surface area (Å²) in [6.45, 7) is 6.78. The first-order chi connectivity index (χ1) is 12.1. The van der Waals surface area contributed by atoms with Crippen LogP contribution in [0.2, 0.25) is 0 Å². The Bertz CT molecular complexity index is 742. The number of nitrogens with zero attached hydrogens (tertiary/aromatic N) is 4. The van der Waals surface area contributed by atoms with Crippen molar-refractivity contribution in [2.75, 3.05) is 31.2 Å². The summed E-state index contributed by atoms with van der Waals surface area (Å²) in [4.78, 5) is 13.7. The van der Waals surface area contributed by atoms with E-state index in [4.69, 9.17) is 10.5 Å². The number of hydrogen-bond donors (Lipinski definition) is 1. The average Bonchev–Trinajstić information content (AvgIpc) is 3.05. The highest BCUT2D eigenvalue weighted by atomic mass is 32.2.